The molecular weight excluding hydrogens is 276 g/mol. The summed E-state index contributed by atoms with van der Waals surface area (Å²) in [6.45, 7) is 0.599. The lowest BCUT2D eigenvalue weighted by Gasteiger charge is -2.29. The fourth-order valence-corrected chi connectivity index (χ4v) is 3.11. The van der Waals surface area contributed by atoms with Crippen LogP contribution in [0.25, 0.3) is 0 Å². The fourth-order valence-electron chi connectivity index (χ4n) is 3.11. The average Bonchev–Trinajstić information content (AvgIpc) is 3.13. The van der Waals surface area contributed by atoms with Crippen molar-refractivity contribution in [3.63, 3.8) is 0 Å². The molecule has 0 bridgehead atoms. The SMILES string of the molecule is O=C(O)C1CCC(CNC(=O)N(CCO)C2CCCC2)O1. The molecule has 2 atom stereocenters. The van der Waals surface area contributed by atoms with Crippen LogP contribution in [0.1, 0.15) is 38.5 Å². The van der Waals surface area contributed by atoms with Gasteiger partial charge in [-0.05, 0) is 25.7 Å². The van der Waals surface area contributed by atoms with Gasteiger partial charge in [-0.25, -0.2) is 9.59 Å². The number of carboxylic acid groups (broad SMARTS) is 1. The molecule has 1 saturated heterocycles. The highest BCUT2D eigenvalue weighted by atomic mass is 16.5. The van der Waals surface area contributed by atoms with E-state index in [0.29, 0.717) is 25.9 Å². The van der Waals surface area contributed by atoms with E-state index < -0.39 is 12.1 Å². The Morgan fingerprint density at radius 2 is 1.90 bits per heavy atom. The van der Waals surface area contributed by atoms with Gasteiger partial charge in [0.2, 0.25) is 0 Å². The van der Waals surface area contributed by atoms with Crippen LogP contribution in [0.15, 0.2) is 0 Å². The molecule has 2 fully saturated rings. The predicted octanol–water partition coefficient (Wildman–Crippen LogP) is 0.565. The number of urea groups is 1. The van der Waals surface area contributed by atoms with Gasteiger partial charge in [-0.3, -0.25) is 0 Å². The van der Waals surface area contributed by atoms with Crippen LogP contribution in [0.5, 0.6) is 0 Å². The van der Waals surface area contributed by atoms with E-state index in [4.69, 9.17) is 14.9 Å². The zero-order chi connectivity index (χ0) is 15.2. The number of aliphatic hydroxyl groups excluding tert-OH is 1. The Morgan fingerprint density at radius 3 is 2.48 bits per heavy atom. The first kappa shape index (κ1) is 16.0. The van der Waals surface area contributed by atoms with Crippen molar-refractivity contribution in [1.82, 2.24) is 10.2 Å². The van der Waals surface area contributed by atoms with Crippen molar-refractivity contribution < 1.29 is 24.5 Å². The topological polar surface area (TPSA) is 99.1 Å². The Labute approximate surface area is 124 Å². The number of ether oxygens (including phenoxy) is 1. The molecule has 21 heavy (non-hydrogen) atoms. The molecule has 0 aromatic carbocycles. The molecule has 0 spiro atoms. The van der Waals surface area contributed by atoms with Gasteiger partial charge < -0.3 is 25.2 Å². The molecule has 2 unspecified atom stereocenters. The number of aliphatic hydroxyl groups is 1. The van der Waals surface area contributed by atoms with Crippen LogP contribution in [0, 0.1) is 0 Å². The summed E-state index contributed by atoms with van der Waals surface area (Å²) in [6, 6.07) is 0.00624. The van der Waals surface area contributed by atoms with Gasteiger partial charge in [0.25, 0.3) is 0 Å². The van der Waals surface area contributed by atoms with Crippen LogP contribution in [-0.4, -0.2) is 65.1 Å². The molecule has 1 saturated carbocycles. The van der Waals surface area contributed by atoms with Crippen LogP contribution in [0.3, 0.4) is 0 Å². The first-order valence-corrected chi connectivity index (χ1v) is 7.65. The lowest BCUT2D eigenvalue weighted by Crippen LogP contribution is -2.48. The fraction of sp³-hybridized carbons (Fsp3) is 0.857. The summed E-state index contributed by atoms with van der Waals surface area (Å²) in [6.07, 6.45) is 4.32. The summed E-state index contributed by atoms with van der Waals surface area (Å²) >= 11 is 0. The van der Waals surface area contributed by atoms with Gasteiger partial charge in [0.15, 0.2) is 6.10 Å². The molecule has 7 nitrogen and oxygen atoms in total. The van der Waals surface area contributed by atoms with Crippen molar-refractivity contribution >= 4 is 12.0 Å². The molecule has 3 N–H and O–H groups in total. The van der Waals surface area contributed by atoms with E-state index in [1.165, 1.54) is 0 Å². The summed E-state index contributed by atoms with van der Waals surface area (Å²) in [5.41, 5.74) is 0. The summed E-state index contributed by atoms with van der Waals surface area (Å²) in [5, 5.41) is 20.8. The number of nitrogens with zero attached hydrogens (tertiary/aromatic N) is 1. The van der Waals surface area contributed by atoms with Crippen molar-refractivity contribution in [2.45, 2.75) is 56.8 Å². The Kier molecular flexibility index (Phi) is 5.81. The molecule has 7 heteroatoms. The monoisotopic (exact) mass is 300 g/mol. The molecule has 1 heterocycles. The van der Waals surface area contributed by atoms with Gasteiger partial charge in [-0.15, -0.1) is 0 Å². The van der Waals surface area contributed by atoms with Crippen molar-refractivity contribution in [2.75, 3.05) is 19.7 Å². The van der Waals surface area contributed by atoms with Gasteiger partial charge in [0.05, 0.1) is 12.7 Å². The number of carbonyl (C=O) groups excluding carboxylic acids is 1. The normalized spacial score (nSPS) is 26.0. The second-order valence-corrected chi connectivity index (χ2v) is 5.70. The van der Waals surface area contributed by atoms with Gasteiger partial charge in [-0.1, -0.05) is 12.8 Å². The number of amides is 2. The Hall–Kier alpha value is -1.34. The lowest BCUT2D eigenvalue weighted by molar-refractivity contribution is -0.149. The van der Waals surface area contributed by atoms with Crippen LogP contribution >= 0.6 is 0 Å². The Bertz CT molecular complexity index is 370. The maximum Gasteiger partial charge on any atom is 0.332 e. The van der Waals surface area contributed by atoms with Gasteiger partial charge >= 0.3 is 12.0 Å². The smallest absolute Gasteiger partial charge is 0.332 e. The third kappa shape index (κ3) is 4.31. The molecule has 1 aliphatic carbocycles. The van der Waals surface area contributed by atoms with E-state index in [1.54, 1.807) is 4.90 Å². The molecule has 0 aromatic heterocycles. The quantitative estimate of drug-likeness (QED) is 0.666. The Balaban J connectivity index is 1.78. The lowest BCUT2D eigenvalue weighted by atomic mass is 10.2. The third-order valence-corrected chi connectivity index (χ3v) is 4.23. The highest BCUT2D eigenvalue weighted by molar-refractivity contribution is 5.75. The summed E-state index contributed by atoms with van der Waals surface area (Å²) < 4.78 is 5.36. The first-order chi connectivity index (χ1) is 10.1. The van der Waals surface area contributed by atoms with E-state index >= 15 is 0 Å². The number of nitrogens with one attached hydrogen (secondary N) is 1. The maximum absolute atomic E-state index is 12.2. The standard InChI is InChI=1S/C14H24N2O5/c17-8-7-16(10-3-1-2-4-10)14(20)15-9-11-5-6-12(21-11)13(18)19/h10-12,17H,1-9H2,(H,15,20)(H,18,19). The second-order valence-electron chi connectivity index (χ2n) is 5.70. The molecule has 2 rings (SSSR count). The van der Waals surface area contributed by atoms with Gasteiger partial charge in [0.1, 0.15) is 0 Å². The molecule has 0 radical (unpaired) electrons. The number of aliphatic carboxylic acids is 1. The number of hydrogen-bond donors (Lipinski definition) is 3. The minimum absolute atomic E-state index is 0.0507. The van der Waals surface area contributed by atoms with Crippen molar-refractivity contribution in [3.8, 4) is 0 Å². The summed E-state index contributed by atoms with van der Waals surface area (Å²) in [4.78, 5) is 24.7. The number of rotatable bonds is 6. The maximum atomic E-state index is 12.2. The van der Waals surface area contributed by atoms with Crippen LogP contribution in [-0.2, 0) is 9.53 Å². The highest BCUT2D eigenvalue weighted by Crippen LogP contribution is 2.23. The zero-order valence-electron chi connectivity index (χ0n) is 12.2. The molecule has 0 aromatic rings. The van der Waals surface area contributed by atoms with E-state index in [1.807, 2.05) is 0 Å². The first-order valence-electron chi connectivity index (χ1n) is 7.65. The average molecular weight is 300 g/mol. The zero-order valence-corrected chi connectivity index (χ0v) is 12.2. The largest absolute Gasteiger partial charge is 0.479 e. The van der Waals surface area contributed by atoms with Gasteiger partial charge in [0, 0.05) is 19.1 Å². The molecule has 1 aliphatic heterocycles. The van der Waals surface area contributed by atoms with Crippen molar-refractivity contribution in [3.05, 3.63) is 0 Å². The molecule has 120 valence electrons. The minimum Gasteiger partial charge on any atom is -0.479 e. The van der Waals surface area contributed by atoms with Crippen molar-refractivity contribution in [1.29, 1.82) is 0 Å². The number of carbonyl (C=O) groups is 2. The van der Waals surface area contributed by atoms with E-state index in [0.717, 1.165) is 25.7 Å². The summed E-state index contributed by atoms with van der Waals surface area (Å²) in [5.74, 6) is -0.948. The van der Waals surface area contributed by atoms with Crippen LogP contribution in [0.4, 0.5) is 4.79 Å². The molecule has 2 amide bonds. The van der Waals surface area contributed by atoms with Crippen LogP contribution < -0.4 is 5.32 Å². The van der Waals surface area contributed by atoms with Crippen LogP contribution in [0.2, 0.25) is 0 Å². The van der Waals surface area contributed by atoms with E-state index in [9.17, 15) is 9.59 Å². The molecule has 2 aliphatic rings. The third-order valence-electron chi connectivity index (χ3n) is 4.23. The number of carboxylic acids is 1. The minimum atomic E-state index is -0.948. The van der Waals surface area contributed by atoms with Crippen molar-refractivity contribution in [2.24, 2.45) is 0 Å². The van der Waals surface area contributed by atoms with Gasteiger partial charge in [-0.2, -0.15) is 0 Å². The van der Waals surface area contributed by atoms with E-state index in [-0.39, 0.29) is 24.8 Å². The Morgan fingerprint density at radius 1 is 1.19 bits per heavy atom. The predicted molar refractivity (Wildman–Crippen MR) is 75.0 cm³/mol. The molecular formula is C14H24N2O5. The highest BCUT2D eigenvalue weighted by Gasteiger charge is 2.31. The summed E-state index contributed by atoms with van der Waals surface area (Å²) in [7, 11) is 0. The van der Waals surface area contributed by atoms with E-state index in [2.05, 4.69) is 5.32 Å². The second kappa shape index (κ2) is 7.61. The number of hydrogen-bond acceptors (Lipinski definition) is 4.